The number of nitrogens with zero attached hydrogens (tertiary/aromatic N) is 1. The monoisotopic (exact) mass is 292 g/mol. The Kier molecular flexibility index (Phi) is 7.02. The van der Waals surface area contributed by atoms with E-state index in [0.29, 0.717) is 6.54 Å². The fraction of sp³-hybridized carbons (Fsp3) is 0.562. The van der Waals surface area contributed by atoms with E-state index in [1.807, 2.05) is 18.2 Å². The van der Waals surface area contributed by atoms with Crippen LogP contribution in [-0.4, -0.2) is 38.7 Å². The maximum absolute atomic E-state index is 5.22. The van der Waals surface area contributed by atoms with Crippen LogP contribution < -0.4 is 20.7 Å². The second kappa shape index (κ2) is 8.52. The lowest BCUT2D eigenvalue weighted by Crippen LogP contribution is -2.44. The van der Waals surface area contributed by atoms with E-state index >= 15 is 0 Å². The van der Waals surface area contributed by atoms with Gasteiger partial charge in [0.2, 0.25) is 0 Å². The third kappa shape index (κ3) is 7.56. The topological polar surface area (TPSA) is 57.7 Å². The molecule has 1 rings (SSSR count). The van der Waals surface area contributed by atoms with Crippen LogP contribution in [-0.2, 0) is 6.54 Å². The highest BCUT2D eigenvalue weighted by atomic mass is 16.5. The Balaban J connectivity index is 2.34. The second-order valence-corrected chi connectivity index (χ2v) is 5.88. The molecule has 3 N–H and O–H groups in total. The molecule has 0 bridgehead atoms. The molecule has 0 atom stereocenters. The largest absolute Gasteiger partial charge is 0.497 e. The minimum atomic E-state index is 0.138. The van der Waals surface area contributed by atoms with Gasteiger partial charge in [-0.2, -0.15) is 0 Å². The van der Waals surface area contributed by atoms with E-state index in [2.05, 4.69) is 47.8 Å². The second-order valence-electron chi connectivity index (χ2n) is 5.88. The number of benzene rings is 1. The summed E-state index contributed by atoms with van der Waals surface area (Å²) in [5.41, 5.74) is 1.30. The van der Waals surface area contributed by atoms with Crippen LogP contribution in [0.2, 0.25) is 0 Å². The Morgan fingerprint density at radius 1 is 1.19 bits per heavy atom. The highest BCUT2D eigenvalue weighted by Crippen LogP contribution is 2.11. The van der Waals surface area contributed by atoms with Crippen molar-refractivity contribution in [3.05, 3.63) is 29.8 Å². The predicted octanol–water partition coefficient (Wildman–Crippen LogP) is 1.75. The standard InChI is InChI=1S/C16H28N4O/c1-16(2,3)20-10-9-18-15(17-4)19-12-13-7-6-8-14(11-13)21-5/h6-8,11,20H,9-10,12H2,1-5H3,(H2,17,18,19). The van der Waals surface area contributed by atoms with E-state index in [9.17, 15) is 0 Å². The van der Waals surface area contributed by atoms with Crippen LogP contribution in [0.4, 0.5) is 0 Å². The molecular weight excluding hydrogens is 264 g/mol. The van der Waals surface area contributed by atoms with Gasteiger partial charge in [-0.25, -0.2) is 0 Å². The third-order valence-electron chi connectivity index (χ3n) is 2.89. The minimum absolute atomic E-state index is 0.138. The summed E-state index contributed by atoms with van der Waals surface area (Å²) in [7, 11) is 3.45. The summed E-state index contributed by atoms with van der Waals surface area (Å²) >= 11 is 0. The Labute approximate surface area is 128 Å². The Morgan fingerprint density at radius 3 is 2.57 bits per heavy atom. The minimum Gasteiger partial charge on any atom is -0.497 e. The van der Waals surface area contributed by atoms with Crippen LogP contribution in [0.25, 0.3) is 0 Å². The number of guanidine groups is 1. The third-order valence-corrected chi connectivity index (χ3v) is 2.89. The summed E-state index contributed by atoms with van der Waals surface area (Å²) < 4.78 is 5.22. The molecule has 0 unspecified atom stereocenters. The number of aliphatic imine (C=N–C) groups is 1. The smallest absolute Gasteiger partial charge is 0.191 e. The van der Waals surface area contributed by atoms with Crippen molar-refractivity contribution in [2.24, 2.45) is 4.99 Å². The summed E-state index contributed by atoms with van der Waals surface area (Å²) in [5.74, 6) is 1.67. The Bertz CT molecular complexity index is 452. The molecular formula is C16H28N4O. The molecule has 0 aliphatic carbocycles. The summed E-state index contributed by atoms with van der Waals surface area (Å²) in [4.78, 5) is 4.22. The van der Waals surface area contributed by atoms with Gasteiger partial charge >= 0.3 is 0 Å². The first-order chi connectivity index (χ1) is 9.94. The molecule has 0 radical (unpaired) electrons. The lowest BCUT2D eigenvalue weighted by Gasteiger charge is -2.21. The Morgan fingerprint density at radius 2 is 1.95 bits per heavy atom. The van der Waals surface area contributed by atoms with Gasteiger partial charge in [0.1, 0.15) is 5.75 Å². The molecule has 118 valence electrons. The number of nitrogens with one attached hydrogen (secondary N) is 3. The van der Waals surface area contributed by atoms with Gasteiger partial charge in [-0.3, -0.25) is 4.99 Å². The fourth-order valence-corrected chi connectivity index (χ4v) is 1.81. The number of hydrogen-bond acceptors (Lipinski definition) is 3. The van der Waals surface area contributed by atoms with Gasteiger partial charge in [0.25, 0.3) is 0 Å². The highest BCUT2D eigenvalue weighted by molar-refractivity contribution is 5.79. The number of hydrogen-bond donors (Lipinski definition) is 3. The van der Waals surface area contributed by atoms with Crippen LogP contribution in [0.15, 0.2) is 29.3 Å². The van der Waals surface area contributed by atoms with Crippen molar-refractivity contribution < 1.29 is 4.74 Å². The average Bonchev–Trinajstić information content (AvgIpc) is 2.45. The van der Waals surface area contributed by atoms with Crippen LogP contribution in [0.3, 0.4) is 0 Å². The molecule has 1 aromatic carbocycles. The molecule has 0 aromatic heterocycles. The van der Waals surface area contributed by atoms with Gasteiger partial charge in [-0.1, -0.05) is 12.1 Å². The first-order valence-corrected chi connectivity index (χ1v) is 7.27. The maximum Gasteiger partial charge on any atom is 0.191 e. The van der Waals surface area contributed by atoms with Crippen molar-refractivity contribution in [1.29, 1.82) is 0 Å². The quantitative estimate of drug-likeness (QED) is 0.425. The van der Waals surface area contributed by atoms with E-state index in [0.717, 1.165) is 30.4 Å². The van der Waals surface area contributed by atoms with Crippen molar-refractivity contribution >= 4 is 5.96 Å². The van der Waals surface area contributed by atoms with Crippen molar-refractivity contribution in [2.75, 3.05) is 27.2 Å². The van der Waals surface area contributed by atoms with Crippen molar-refractivity contribution in [3.8, 4) is 5.75 Å². The Hall–Kier alpha value is -1.75. The number of rotatable bonds is 6. The molecule has 0 saturated carbocycles. The van der Waals surface area contributed by atoms with Gasteiger partial charge in [-0.15, -0.1) is 0 Å². The summed E-state index contributed by atoms with van der Waals surface area (Å²) in [6, 6.07) is 8.00. The van der Waals surface area contributed by atoms with Crippen LogP contribution >= 0.6 is 0 Å². The molecule has 0 aliphatic heterocycles. The van der Waals surface area contributed by atoms with Gasteiger partial charge in [0, 0.05) is 32.2 Å². The molecule has 0 fully saturated rings. The first kappa shape index (κ1) is 17.3. The molecule has 0 heterocycles. The summed E-state index contributed by atoms with van der Waals surface area (Å²) in [6.45, 7) is 8.90. The average molecular weight is 292 g/mol. The van der Waals surface area contributed by atoms with Crippen molar-refractivity contribution in [1.82, 2.24) is 16.0 Å². The summed E-state index contributed by atoms with van der Waals surface area (Å²) in [5, 5.41) is 10.0. The molecule has 5 nitrogen and oxygen atoms in total. The van der Waals surface area contributed by atoms with E-state index in [4.69, 9.17) is 4.74 Å². The maximum atomic E-state index is 5.22. The molecule has 0 saturated heterocycles. The van der Waals surface area contributed by atoms with Crippen molar-refractivity contribution in [3.63, 3.8) is 0 Å². The fourth-order valence-electron chi connectivity index (χ4n) is 1.81. The van der Waals surface area contributed by atoms with E-state index in [-0.39, 0.29) is 5.54 Å². The zero-order valence-electron chi connectivity index (χ0n) is 13.8. The van der Waals surface area contributed by atoms with Gasteiger partial charge in [0.15, 0.2) is 5.96 Å². The van der Waals surface area contributed by atoms with E-state index in [1.54, 1.807) is 14.2 Å². The van der Waals surface area contributed by atoms with E-state index < -0.39 is 0 Å². The van der Waals surface area contributed by atoms with Gasteiger partial charge in [-0.05, 0) is 38.5 Å². The van der Waals surface area contributed by atoms with Crippen molar-refractivity contribution in [2.45, 2.75) is 32.9 Å². The lowest BCUT2D eigenvalue weighted by molar-refractivity contribution is 0.414. The SMILES string of the molecule is CN=C(NCCNC(C)(C)C)NCc1cccc(OC)c1. The van der Waals surface area contributed by atoms with E-state index in [1.165, 1.54) is 0 Å². The molecule has 0 spiro atoms. The molecule has 21 heavy (non-hydrogen) atoms. The lowest BCUT2D eigenvalue weighted by atomic mass is 10.1. The number of ether oxygens (including phenoxy) is 1. The number of methoxy groups -OCH3 is 1. The van der Waals surface area contributed by atoms with Crippen LogP contribution in [0, 0.1) is 0 Å². The zero-order chi connectivity index (χ0) is 15.7. The van der Waals surface area contributed by atoms with Crippen LogP contribution in [0.1, 0.15) is 26.3 Å². The van der Waals surface area contributed by atoms with Gasteiger partial charge in [0.05, 0.1) is 7.11 Å². The van der Waals surface area contributed by atoms with Crippen LogP contribution in [0.5, 0.6) is 5.75 Å². The molecule has 0 aliphatic rings. The molecule has 0 amide bonds. The molecule has 5 heteroatoms. The zero-order valence-corrected chi connectivity index (χ0v) is 13.8. The first-order valence-electron chi connectivity index (χ1n) is 7.27. The summed E-state index contributed by atoms with van der Waals surface area (Å²) in [6.07, 6.45) is 0. The predicted molar refractivity (Wildman–Crippen MR) is 89.0 cm³/mol. The normalized spacial score (nSPS) is 12.1. The molecule has 1 aromatic rings. The van der Waals surface area contributed by atoms with Gasteiger partial charge < -0.3 is 20.7 Å². The highest BCUT2D eigenvalue weighted by Gasteiger charge is 2.07.